The Bertz CT molecular complexity index is 457. The molecule has 3 N–H and O–H groups in total. The Balaban J connectivity index is 2.36. The van der Waals surface area contributed by atoms with Crippen LogP contribution in [0.4, 0.5) is 0 Å². The maximum Gasteiger partial charge on any atom is 0.312 e. The molecule has 0 radical (unpaired) electrons. The van der Waals surface area contributed by atoms with Gasteiger partial charge in [0.1, 0.15) is 0 Å². The van der Waals surface area contributed by atoms with E-state index in [2.05, 4.69) is 0 Å². The molecular formula is C14H19NO4. The number of carbonyl (C=O) groups is 1. The molecule has 1 fully saturated rings. The first kappa shape index (κ1) is 13.7. The summed E-state index contributed by atoms with van der Waals surface area (Å²) in [7, 11) is 1.55. The van der Waals surface area contributed by atoms with E-state index in [0.29, 0.717) is 17.1 Å². The fraction of sp³-hybridized carbons (Fsp3) is 0.500. The van der Waals surface area contributed by atoms with E-state index in [9.17, 15) is 9.90 Å². The summed E-state index contributed by atoms with van der Waals surface area (Å²) in [5.41, 5.74) is 6.15. The zero-order valence-electron chi connectivity index (χ0n) is 11.0. The topological polar surface area (TPSA) is 81.8 Å². The minimum absolute atomic E-state index is 0.0313. The van der Waals surface area contributed by atoms with E-state index in [1.165, 1.54) is 0 Å². The summed E-state index contributed by atoms with van der Waals surface area (Å²) < 4.78 is 11.2. The van der Waals surface area contributed by atoms with Crippen molar-refractivity contribution in [1.82, 2.24) is 0 Å². The van der Waals surface area contributed by atoms with Crippen LogP contribution in [0.3, 0.4) is 0 Å². The molecule has 0 amide bonds. The van der Waals surface area contributed by atoms with E-state index in [4.69, 9.17) is 15.2 Å². The molecule has 0 spiro atoms. The standard InChI is InChI=1S/C14H19NO4/c1-18-12-7-3-6-10(11(8-15)14(16)17)13(12)19-9-4-2-5-9/h3,6-7,9,11H,2,4-5,8,15H2,1H3,(H,16,17). The molecule has 0 aromatic heterocycles. The average molecular weight is 265 g/mol. The maximum absolute atomic E-state index is 11.3. The minimum atomic E-state index is -0.950. The molecule has 1 aliphatic rings. The van der Waals surface area contributed by atoms with Gasteiger partial charge in [-0.05, 0) is 25.3 Å². The number of nitrogens with two attached hydrogens (primary N) is 1. The van der Waals surface area contributed by atoms with E-state index in [1.54, 1.807) is 25.3 Å². The zero-order chi connectivity index (χ0) is 13.8. The highest BCUT2D eigenvalue weighted by atomic mass is 16.5. The van der Waals surface area contributed by atoms with Gasteiger partial charge < -0.3 is 20.3 Å². The third-order valence-corrected chi connectivity index (χ3v) is 3.48. The Hall–Kier alpha value is -1.75. The van der Waals surface area contributed by atoms with Crippen LogP contribution in [0.5, 0.6) is 11.5 Å². The Morgan fingerprint density at radius 3 is 2.74 bits per heavy atom. The van der Waals surface area contributed by atoms with Crippen LogP contribution in [0.25, 0.3) is 0 Å². The van der Waals surface area contributed by atoms with Gasteiger partial charge in [-0.1, -0.05) is 12.1 Å². The second kappa shape index (κ2) is 5.93. The molecule has 0 bridgehead atoms. The highest BCUT2D eigenvalue weighted by Gasteiger charge is 2.27. The third-order valence-electron chi connectivity index (χ3n) is 3.48. The van der Waals surface area contributed by atoms with Crippen LogP contribution in [0.1, 0.15) is 30.7 Å². The largest absolute Gasteiger partial charge is 0.493 e. The van der Waals surface area contributed by atoms with Crippen molar-refractivity contribution in [2.45, 2.75) is 31.3 Å². The predicted molar refractivity (Wildman–Crippen MR) is 70.7 cm³/mol. The molecule has 0 aliphatic heterocycles. The van der Waals surface area contributed by atoms with Gasteiger partial charge in [0.15, 0.2) is 11.5 Å². The average Bonchev–Trinajstić information content (AvgIpc) is 2.35. The van der Waals surface area contributed by atoms with E-state index in [0.717, 1.165) is 19.3 Å². The summed E-state index contributed by atoms with van der Waals surface area (Å²) in [5.74, 6) is -0.643. The molecule has 5 nitrogen and oxygen atoms in total. The number of para-hydroxylation sites is 1. The number of ether oxygens (including phenoxy) is 2. The van der Waals surface area contributed by atoms with Crippen molar-refractivity contribution in [2.75, 3.05) is 13.7 Å². The van der Waals surface area contributed by atoms with E-state index in [1.807, 2.05) is 0 Å². The van der Waals surface area contributed by atoms with E-state index >= 15 is 0 Å². The lowest BCUT2D eigenvalue weighted by Gasteiger charge is -2.29. The SMILES string of the molecule is COc1cccc(C(CN)C(=O)O)c1OC1CCC1. The Kier molecular flexibility index (Phi) is 4.27. The maximum atomic E-state index is 11.3. The first-order valence-electron chi connectivity index (χ1n) is 6.43. The fourth-order valence-corrected chi connectivity index (χ4v) is 2.11. The van der Waals surface area contributed by atoms with Crippen molar-refractivity contribution in [3.05, 3.63) is 23.8 Å². The summed E-state index contributed by atoms with van der Waals surface area (Å²) in [6.45, 7) is 0.0313. The number of aliphatic carboxylic acids is 1. The Labute approximate surface area is 112 Å². The van der Waals surface area contributed by atoms with E-state index in [-0.39, 0.29) is 12.6 Å². The summed E-state index contributed by atoms with van der Waals surface area (Å²) in [6, 6.07) is 5.27. The molecule has 1 aromatic rings. The Morgan fingerprint density at radius 1 is 1.53 bits per heavy atom. The molecule has 0 heterocycles. The molecule has 2 rings (SSSR count). The van der Waals surface area contributed by atoms with Crippen LogP contribution in [0.2, 0.25) is 0 Å². The van der Waals surface area contributed by atoms with Gasteiger partial charge in [-0.25, -0.2) is 0 Å². The Morgan fingerprint density at radius 2 is 2.26 bits per heavy atom. The van der Waals surface area contributed by atoms with Gasteiger partial charge >= 0.3 is 5.97 Å². The predicted octanol–water partition coefficient (Wildman–Crippen LogP) is 1.75. The molecule has 1 aliphatic carbocycles. The van der Waals surface area contributed by atoms with Gasteiger partial charge in [0.2, 0.25) is 0 Å². The smallest absolute Gasteiger partial charge is 0.312 e. The van der Waals surface area contributed by atoms with Crippen molar-refractivity contribution < 1.29 is 19.4 Å². The molecular weight excluding hydrogens is 246 g/mol. The monoisotopic (exact) mass is 265 g/mol. The number of hydrogen-bond donors (Lipinski definition) is 2. The van der Waals surface area contributed by atoms with Crippen molar-refractivity contribution in [1.29, 1.82) is 0 Å². The molecule has 1 unspecified atom stereocenters. The number of hydrogen-bond acceptors (Lipinski definition) is 4. The van der Waals surface area contributed by atoms with Crippen molar-refractivity contribution >= 4 is 5.97 Å². The fourth-order valence-electron chi connectivity index (χ4n) is 2.11. The highest BCUT2D eigenvalue weighted by molar-refractivity contribution is 5.78. The highest BCUT2D eigenvalue weighted by Crippen LogP contribution is 2.38. The molecule has 5 heteroatoms. The third kappa shape index (κ3) is 2.81. The number of methoxy groups -OCH3 is 1. The second-order valence-electron chi connectivity index (χ2n) is 4.68. The first-order chi connectivity index (χ1) is 9.17. The lowest BCUT2D eigenvalue weighted by atomic mass is 9.94. The van der Waals surface area contributed by atoms with Gasteiger partial charge in [-0.15, -0.1) is 0 Å². The van der Waals surface area contributed by atoms with E-state index < -0.39 is 11.9 Å². The number of carboxylic acid groups (broad SMARTS) is 1. The van der Waals surface area contributed by atoms with Crippen LogP contribution in [-0.2, 0) is 4.79 Å². The molecule has 0 saturated heterocycles. The summed E-state index contributed by atoms with van der Waals surface area (Å²) in [5, 5.41) is 9.24. The molecule has 104 valence electrons. The number of carboxylic acids is 1. The summed E-state index contributed by atoms with van der Waals surface area (Å²) in [4.78, 5) is 11.3. The minimum Gasteiger partial charge on any atom is -0.493 e. The summed E-state index contributed by atoms with van der Waals surface area (Å²) in [6.07, 6.45) is 3.30. The van der Waals surface area contributed by atoms with Crippen LogP contribution in [0.15, 0.2) is 18.2 Å². The van der Waals surface area contributed by atoms with Gasteiger partial charge in [-0.3, -0.25) is 4.79 Å². The van der Waals surface area contributed by atoms with Crippen molar-refractivity contribution in [3.63, 3.8) is 0 Å². The lowest BCUT2D eigenvalue weighted by Crippen LogP contribution is -2.27. The number of rotatable bonds is 6. The van der Waals surface area contributed by atoms with Crippen molar-refractivity contribution in [2.24, 2.45) is 5.73 Å². The van der Waals surface area contributed by atoms with Gasteiger partial charge in [0.25, 0.3) is 0 Å². The lowest BCUT2D eigenvalue weighted by molar-refractivity contribution is -0.138. The molecule has 1 atom stereocenters. The normalized spacial score (nSPS) is 16.5. The second-order valence-corrected chi connectivity index (χ2v) is 4.68. The van der Waals surface area contributed by atoms with Crippen LogP contribution in [0, 0.1) is 0 Å². The zero-order valence-corrected chi connectivity index (χ0v) is 11.0. The quantitative estimate of drug-likeness (QED) is 0.819. The van der Waals surface area contributed by atoms with Gasteiger partial charge in [0.05, 0.1) is 19.1 Å². The van der Waals surface area contributed by atoms with Crippen LogP contribution in [-0.4, -0.2) is 30.8 Å². The van der Waals surface area contributed by atoms with Crippen LogP contribution >= 0.6 is 0 Å². The van der Waals surface area contributed by atoms with Crippen LogP contribution < -0.4 is 15.2 Å². The van der Waals surface area contributed by atoms with Gasteiger partial charge in [-0.2, -0.15) is 0 Å². The molecule has 1 aromatic carbocycles. The number of benzene rings is 1. The first-order valence-corrected chi connectivity index (χ1v) is 6.43. The van der Waals surface area contributed by atoms with Crippen molar-refractivity contribution in [3.8, 4) is 11.5 Å². The van der Waals surface area contributed by atoms with Gasteiger partial charge in [0, 0.05) is 12.1 Å². The summed E-state index contributed by atoms with van der Waals surface area (Å²) >= 11 is 0. The molecule has 19 heavy (non-hydrogen) atoms. The molecule has 1 saturated carbocycles.